The molecular formula is C16H22ClN3. The van der Waals surface area contributed by atoms with E-state index in [2.05, 4.69) is 36.5 Å². The molecular weight excluding hydrogens is 270 g/mol. The van der Waals surface area contributed by atoms with E-state index < -0.39 is 0 Å². The van der Waals surface area contributed by atoms with Gasteiger partial charge in [-0.2, -0.15) is 5.10 Å². The summed E-state index contributed by atoms with van der Waals surface area (Å²) in [7, 11) is 1.98. The van der Waals surface area contributed by atoms with Crippen LogP contribution in [0.25, 0.3) is 0 Å². The molecule has 0 aliphatic carbocycles. The minimum atomic E-state index is 0.280. The summed E-state index contributed by atoms with van der Waals surface area (Å²) in [5.41, 5.74) is 3.70. The molecule has 0 aliphatic rings. The number of aromatic nitrogens is 2. The molecule has 0 fully saturated rings. The predicted octanol–water partition coefficient (Wildman–Crippen LogP) is 3.53. The van der Waals surface area contributed by atoms with Gasteiger partial charge < -0.3 is 5.32 Å². The van der Waals surface area contributed by atoms with Crippen molar-refractivity contribution in [1.29, 1.82) is 0 Å². The Morgan fingerprint density at radius 2 is 2.15 bits per heavy atom. The Morgan fingerprint density at radius 1 is 1.35 bits per heavy atom. The van der Waals surface area contributed by atoms with E-state index in [4.69, 9.17) is 11.6 Å². The second-order valence-electron chi connectivity index (χ2n) is 5.00. The van der Waals surface area contributed by atoms with Crippen LogP contribution in [0.1, 0.15) is 36.7 Å². The van der Waals surface area contributed by atoms with Crippen molar-refractivity contribution in [3.05, 3.63) is 52.3 Å². The van der Waals surface area contributed by atoms with E-state index in [9.17, 15) is 0 Å². The number of rotatable bonds is 6. The number of hydrogen-bond acceptors (Lipinski definition) is 2. The molecule has 1 atom stereocenters. The van der Waals surface area contributed by atoms with Crippen molar-refractivity contribution >= 4 is 11.6 Å². The van der Waals surface area contributed by atoms with E-state index in [1.54, 1.807) is 0 Å². The number of likely N-dealkylation sites (N-methyl/N-ethyl adjacent to an activating group) is 1. The molecule has 1 heterocycles. The molecule has 0 radical (unpaired) electrons. The summed E-state index contributed by atoms with van der Waals surface area (Å²) in [6.07, 6.45) is 4.00. The quantitative estimate of drug-likeness (QED) is 0.882. The van der Waals surface area contributed by atoms with Crippen molar-refractivity contribution in [3.8, 4) is 0 Å². The van der Waals surface area contributed by atoms with Gasteiger partial charge in [-0.1, -0.05) is 37.6 Å². The summed E-state index contributed by atoms with van der Waals surface area (Å²) >= 11 is 6.08. The first-order valence-corrected chi connectivity index (χ1v) is 7.52. The van der Waals surface area contributed by atoms with Gasteiger partial charge in [-0.25, -0.2) is 0 Å². The third-order valence-electron chi connectivity index (χ3n) is 3.43. The summed E-state index contributed by atoms with van der Waals surface area (Å²) in [5.74, 6) is 0. The monoisotopic (exact) mass is 291 g/mol. The Bertz CT molecular complexity index is 563. The van der Waals surface area contributed by atoms with Gasteiger partial charge in [0.15, 0.2) is 0 Å². The van der Waals surface area contributed by atoms with Gasteiger partial charge in [0, 0.05) is 29.9 Å². The number of aryl methyl sites for hydroxylation is 2. The van der Waals surface area contributed by atoms with Crippen LogP contribution in [-0.2, 0) is 19.9 Å². The van der Waals surface area contributed by atoms with Crippen LogP contribution in [0.15, 0.2) is 30.5 Å². The smallest absolute Gasteiger partial charge is 0.0669 e. The van der Waals surface area contributed by atoms with Crippen molar-refractivity contribution in [2.24, 2.45) is 7.05 Å². The fraction of sp³-hybridized carbons (Fsp3) is 0.438. The summed E-state index contributed by atoms with van der Waals surface area (Å²) in [6, 6.07) is 8.35. The van der Waals surface area contributed by atoms with Crippen molar-refractivity contribution in [2.75, 3.05) is 6.54 Å². The lowest BCUT2D eigenvalue weighted by atomic mass is 9.98. The molecule has 1 unspecified atom stereocenters. The fourth-order valence-electron chi connectivity index (χ4n) is 2.56. The number of nitrogens with one attached hydrogen (secondary N) is 1. The van der Waals surface area contributed by atoms with Crippen LogP contribution < -0.4 is 5.32 Å². The van der Waals surface area contributed by atoms with Crippen LogP contribution in [-0.4, -0.2) is 16.3 Å². The van der Waals surface area contributed by atoms with Crippen LogP contribution >= 0.6 is 11.6 Å². The zero-order valence-corrected chi connectivity index (χ0v) is 13.1. The molecule has 4 heteroatoms. The highest BCUT2D eigenvalue weighted by molar-refractivity contribution is 6.30. The zero-order valence-electron chi connectivity index (χ0n) is 12.4. The number of halogens is 1. The topological polar surface area (TPSA) is 29.9 Å². The van der Waals surface area contributed by atoms with Crippen molar-refractivity contribution in [3.63, 3.8) is 0 Å². The highest BCUT2D eigenvalue weighted by Gasteiger charge is 2.17. The Labute approximate surface area is 126 Å². The van der Waals surface area contributed by atoms with Gasteiger partial charge in [0.25, 0.3) is 0 Å². The maximum absolute atomic E-state index is 6.08. The summed E-state index contributed by atoms with van der Waals surface area (Å²) in [5, 5.41) is 8.89. The molecule has 0 saturated heterocycles. The maximum atomic E-state index is 6.08. The SMILES string of the molecule is CCNC(Cc1cccc(Cl)c1)c1cn(C)nc1CC. The molecule has 0 amide bonds. The van der Waals surface area contributed by atoms with Gasteiger partial charge in [0.2, 0.25) is 0 Å². The minimum absolute atomic E-state index is 0.280. The molecule has 0 saturated carbocycles. The van der Waals surface area contributed by atoms with Crippen molar-refractivity contribution < 1.29 is 0 Å². The lowest BCUT2D eigenvalue weighted by Crippen LogP contribution is -2.23. The molecule has 3 nitrogen and oxygen atoms in total. The normalized spacial score (nSPS) is 12.6. The van der Waals surface area contributed by atoms with E-state index in [0.717, 1.165) is 24.4 Å². The van der Waals surface area contributed by atoms with E-state index in [0.29, 0.717) is 0 Å². The van der Waals surface area contributed by atoms with Crippen LogP contribution in [0.3, 0.4) is 0 Å². The Kier molecular flexibility index (Phi) is 5.21. The minimum Gasteiger partial charge on any atom is -0.310 e. The first kappa shape index (κ1) is 15.1. The average Bonchev–Trinajstić information content (AvgIpc) is 2.79. The second kappa shape index (κ2) is 6.91. The number of hydrogen-bond donors (Lipinski definition) is 1. The summed E-state index contributed by atoms with van der Waals surface area (Å²) < 4.78 is 1.90. The van der Waals surface area contributed by atoms with Crippen LogP contribution in [0.5, 0.6) is 0 Å². The highest BCUT2D eigenvalue weighted by Crippen LogP contribution is 2.23. The van der Waals surface area contributed by atoms with E-state index in [1.807, 2.05) is 29.9 Å². The second-order valence-corrected chi connectivity index (χ2v) is 5.44. The predicted molar refractivity (Wildman–Crippen MR) is 84.2 cm³/mol. The first-order chi connectivity index (χ1) is 9.63. The highest BCUT2D eigenvalue weighted by atomic mass is 35.5. The largest absolute Gasteiger partial charge is 0.310 e. The van der Waals surface area contributed by atoms with Gasteiger partial charge in [-0.15, -0.1) is 0 Å². The maximum Gasteiger partial charge on any atom is 0.0669 e. The van der Waals surface area contributed by atoms with E-state index in [1.165, 1.54) is 16.8 Å². The van der Waals surface area contributed by atoms with Gasteiger partial charge in [-0.3, -0.25) is 4.68 Å². The Morgan fingerprint density at radius 3 is 2.80 bits per heavy atom. The van der Waals surface area contributed by atoms with Crippen LogP contribution in [0, 0.1) is 0 Å². The lowest BCUT2D eigenvalue weighted by Gasteiger charge is -2.18. The standard InChI is InChI=1S/C16H22ClN3/c1-4-15-14(11-20(3)19-15)16(18-5-2)10-12-7-6-8-13(17)9-12/h6-9,11,16,18H,4-5,10H2,1-3H3. The third-order valence-corrected chi connectivity index (χ3v) is 3.66. The molecule has 2 aromatic rings. The molecule has 0 spiro atoms. The molecule has 20 heavy (non-hydrogen) atoms. The molecule has 2 rings (SSSR count). The third kappa shape index (κ3) is 3.62. The molecule has 0 aliphatic heterocycles. The zero-order chi connectivity index (χ0) is 14.5. The first-order valence-electron chi connectivity index (χ1n) is 7.14. The fourth-order valence-corrected chi connectivity index (χ4v) is 2.77. The Hall–Kier alpha value is -1.32. The van der Waals surface area contributed by atoms with Gasteiger partial charge >= 0.3 is 0 Å². The van der Waals surface area contributed by atoms with E-state index in [-0.39, 0.29) is 6.04 Å². The Balaban J connectivity index is 2.26. The van der Waals surface area contributed by atoms with Gasteiger partial charge in [-0.05, 0) is 37.1 Å². The van der Waals surface area contributed by atoms with Crippen LogP contribution in [0.2, 0.25) is 5.02 Å². The summed E-state index contributed by atoms with van der Waals surface area (Å²) in [6.45, 7) is 5.21. The number of benzene rings is 1. The number of nitrogens with zero attached hydrogens (tertiary/aromatic N) is 2. The molecule has 1 aromatic heterocycles. The molecule has 1 aromatic carbocycles. The van der Waals surface area contributed by atoms with Gasteiger partial charge in [0.1, 0.15) is 0 Å². The van der Waals surface area contributed by atoms with Crippen molar-refractivity contribution in [1.82, 2.24) is 15.1 Å². The lowest BCUT2D eigenvalue weighted by molar-refractivity contribution is 0.545. The van der Waals surface area contributed by atoms with E-state index >= 15 is 0 Å². The molecule has 0 bridgehead atoms. The summed E-state index contributed by atoms with van der Waals surface area (Å²) in [4.78, 5) is 0. The van der Waals surface area contributed by atoms with Gasteiger partial charge in [0.05, 0.1) is 5.69 Å². The van der Waals surface area contributed by atoms with Crippen LogP contribution in [0.4, 0.5) is 0 Å². The molecule has 1 N–H and O–H groups in total. The van der Waals surface area contributed by atoms with Crippen molar-refractivity contribution in [2.45, 2.75) is 32.7 Å². The molecule has 108 valence electrons. The average molecular weight is 292 g/mol.